The molecule has 128 valence electrons. The van der Waals surface area contributed by atoms with Crippen molar-refractivity contribution in [1.29, 1.82) is 0 Å². The number of rotatable bonds is 4. The van der Waals surface area contributed by atoms with E-state index in [1.54, 1.807) is 30.8 Å². The number of nitrogens with zero attached hydrogens (tertiary/aromatic N) is 4. The van der Waals surface area contributed by atoms with Gasteiger partial charge in [0.2, 0.25) is 0 Å². The van der Waals surface area contributed by atoms with Crippen molar-refractivity contribution in [2.24, 2.45) is 0 Å². The summed E-state index contributed by atoms with van der Waals surface area (Å²) in [5, 5.41) is 14.2. The van der Waals surface area contributed by atoms with Crippen LogP contribution in [0.25, 0.3) is 6.08 Å². The maximum atomic E-state index is 11.7. The lowest BCUT2D eigenvalue weighted by molar-refractivity contribution is 0.0577. The van der Waals surface area contributed by atoms with Crippen molar-refractivity contribution in [3.8, 4) is 0 Å². The van der Waals surface area contributed by atoms with Gasteiger partial charge in [0, 0.05) is 18.7 Å². The number of anilines is 1. The van der Waals surface area contributed by atoms with Crippen molar-refractivity contribution < 1.29 is 13.5 Å². The Labute approximate surface area is 141 Å². The Kier molecular flexibility index (Phi) is 3.97. The van der Waals surface area contributed by atoms with Crippen LogP contribution in [-0.2, 0) is 22.9 Å². The molecule has 0 bridgehead atoms. The molecule has 2 aromatic heterocycles. The molecule has 1 N–H and O–H groups in total. The van der Waals surface area contributed by atoms with E-state index in [1.807, 2.05) is 23.4 Å². The molecule has 7 nitrogen and oxygen atoms in total. The molecule has 0 unspecified atom stereocenters. The molecule has 1 aliphatic heterocycles. The standard InChI is InChI=1S/C16H20N4O3S/c1-16(2,21)11-20-9-13(8-17-20)19-7-6-12-4-5-15(24(3,22)23)18-14(12)10-19/h4-9,21H,10-11H2,1-3H3. The highest BCUT2D eigenvalue weighted by atomic mass is 32.2. The predicted octanol–water partition coefficient (Wildman–Crippen LogP) is 1.44. The molecule has 0 saturated carbocycles. The minimum Gasteiger partial charge on any atom is -0.389 e. The number of hydrogen-bond donors (Lipinski definition) is 1. The highest BCUT2D eigenvalue weighted by Gasteiger charge is 2.19. The Hall–Kier alpha value is -2.19. The van der Waals surface area contributed by atoms with Crippen molar-refractivity contribution in [2.75, 3.05) is 11.2 Å². The average molecular weight is 348 g/mol. The molecule has 0 fully saturated rings. The fourth-order valence-corrected chi connectivity index (χ4v) is 3.11. The largest absolute Gasteiger partial charge is 0.389 e. The summed E-state index contributed by atoms with van der Waals surface area (Å²) in [4.78, 5) is 6.22. The van der Waals surface area contributed by atoms with E-state index in [9.17, 15) is 13.5 Å². The van der Waals surface area contributed by atoms with Crippen LogP contribution in [0.4, 0.5) is 5.69 Å². The van der Waals surface area contributed by atoms with E-state index in [0.29, 0.717) is 18.8 Å². The van der Waals surface area contributed by atoms with Gasteiger partial charge in [-0.05, 0) is 31.6 Å². The third kappa shape index (κ3) is 3.65. The second-order valence-electron chi connectivity index (χ2n) is 6.61. The lowest BCUT2D eigenvalue weighted by Crippen LogP contribution is -2.26. The first kappa shape index (κ1) is 16.7. The highest BCUT2D eigenvalue weighted by molar-refractivity contribution is 7.90. The summed E-state index contributed by atoms with van der Waals surface area (Å²) in [5.74, 6) is 0. The topological polar surface area (TPSA) is 88.3 Å². The van der Waals surface area contributed by atoms with E-state index in [2.05, 4.69) is 10.1 Å². The number of hydrogen-bond acceptors (Lipinski definition) is 6. The zero-order valence-corrected chi connectivity index (χ0v) is 14.7. The van der Waals surface area contributed by atoms with Crippen LogP contribution in [0, 0.1) is 0 Å². The van der Waals surface area contributed by atoms with Gasteiger partial charge >= 0.3 is 0 Å². The smallest absolute Gasteiger partial charge is 0.192 e. The molecule has 0 saturated heterocycles. The second-order valence-corrected chi connectivity index (χ2v) is 8.57. The molecule has 3 heterocycles. The van der Waals surface area contributed by atoms with Crippen molar-refractivity contribution in [1.82, 2.24) is 14.8 Å². The van der Waals surface area contributed by atoms with Gasteiger partial charge in [-0.15, -0.1) is 0 Å². The summed E-state index contributed by atoms with van der Waals surface area (Å²) in [6.07, 6.45) is 8.51. The fourth-order valence-electron chi connectivity index (χ4n) is 2.52. The molecule has 0 aromatic carbocycles. The Morgan fingerprint density at radius 3 is 2.75 bits per heavy atom. The second kappa shape index (κ2) is 5.71. The Morgan fingerprint density at radius 2 is 2.08 bits per heavy atom. The number of aromatic nitrogens is 3. The molecule has 0 aliphatic carbocycles. The zero-order valence-electron chi connectivity index (χ0n) is 13.8. The first-order valence-electron chi connectivity index (χ1n) is 7.51. The summed E-state index contributed by atoms with van der Waals surface area (Å²) in [6.45, 7) is 4.30. The average Bonchev–Trinajstić information content (AvgIpc) is 2.91. The van der Waals surface area contributed by atoms with Crippen LogP contribution in [0.1, 0.15) is 25.1 Å². The van der Waals surface area contributed by atoms with E-state index >= 15 is 0 Å². The monoisotopic (exact) mass is 348 g/mol. The Morgan fingerprint density at radius 1 is 1.33 bits per heavy atom. The normalized spacial score (nSPS) is 14.8. The van der Waals surface area contributed by atoms with Crippen LogP contribution >= 0.6 is 0 Å². The minimum absolute atomic E-state index is 0.0780. The molecule has 0 radical (unpaired) electrons. The summed E-state index contributed by atoms with van der Waals surface area (Å²) in [6, 6.07) is 3.29. The number of pyridine rings is 1. The first-order chi connectivity index (χ1) is 11.1. The molecule has 0 spiro atoms. The third-order valence-electron chi connectivity index (χ3n) is 3.62. The van der Waals surface area contributed by atoms with Gasteiger partial charge in [0.25, 0.3) is 0 Å². The molecular weight excluding hydrogens is 328 g/mol. The highest BCUT2D eigenvalue weighted by Crippen LogP contribution is 2.25. The number of fused-ring (bicyclic) bond motifs is 1. The van der Waals surface area contributed by atoms with Gasteiger partial charge in [0.1, 0.15) is 0 Å². The van der Waals surface area contributed by atoms with E-state index in [0.717, 1.165) is 17.5 Å². The number of sulfone groups is 1. The summed E-state index contributed by atoms with van der Waals surface area (Å²) < 4.78 is 25.0. The van der Waals surface area contributed by atoms with Crippen LogP contribution in [0.5, 0.6) is 0 Å². The van der Waals surface area contributed by atoms with Crippen LogP contribution < -0.4 is 4.90 Å². The van der Waals surface area contributed by atoms with Gasteiger partial charge in [-0.3, -0.25) is 4.68 Å². The van der Waals surface area contributed by atoms with Crippen LogP contribution in [0.15, 0.2) is 35.8 Å². The SMILES string of the molecule is CC(C)(O)Cn1cc(N2C=Cc3ccc(S(C)(=O)=O)nc3C2)cn1. The molecule has 0 atom stereocenters. The minimum atomic E-state index is -3.33. The van der Waals surface area contributed by atoms with Gasteiger partial charge in [-0.2, -0.15) is 5.10 Å². The van der Waals surface area contributed by atoms with E-state index < -0.39 is 15.4 Å². The third-order valence-corrected chi connectivity index (χ3v) is 4.61. The Bertz CT molecular complexity index is 894. The molecule has 8 heteroatoms. The molecular formula is C16H20N4O3S. The molecule has 3 rings (SSSR count). The fraction of sp³-hybridized carbons (Fsp3) is 0.375. The quantitative estimate of drug-likeness (QED) is 0.899. The van der Waals surface area contributed by atoms with Gasteiger partial charge in [-0.1, -0.05) is 6.07 Å². The molecule has 1 aliphatic rings. The Balaban J connectivity index is 1.85. The van der Waals surface area contributed by atoms with Gasteiger partial charge < -0.3 is 10.0 Å². The molecule has 24 heavy (non-hydrogen) atoms. The first-order valence-corrected chi connectivity index (χ1v) is 9.41. The van der Waals surface area contributed by atoms with Crippen LogP contribution in [0.2, 0.25) is 0 Å². The van der Waals surface area contributed by atoms with Crippen LogP contribution in [0.3, 0.4) is 0 Å². The molecule has 0 amide bonds. The van der Waals surface area contributed by atoms with E-state index in [4.69, 9.17) is 0 Å². The van der Waals surface area contributed by atoms with Gasteiger partial charge in [0.15, 0.2) is 14.9 Å². The van der Waals surface area contributed by atoms with Crippen molar-refractivity contribution in [2.45, 2.75) is 37.6 Å². The number of aliphatic hydroxyl groups is 1. The summed E-state index contributed by atoms with van der Waals surface area (Å²) >= 11 is 0. The lowest BCUT2D eigenvalue weighted by Gasteiger charge is -2.23. The van der Waals surface area contributed by atoms with Crippen molar-refractivity contribution in [3.63, 3.8) is 0 Å². The van der Waals surface area contributed by atoms with Crippen molar-refractivity contribution >= 4 is 21.6 Å². The zero-order chi connectivity index (χ0) is 17.5. The summed E-state index contributed by atoms with van der Waals surface area (Å²) in [7, 11) is -3.33. The van der Waals surface area contributed by atoms with E-state index in [1.165, 1.54) is 6.07 Å². The lowest BCUT2D eigenvalue weighted by atomic mass is 10.1. The maximum Gasteiger partial charge on any atom is 0.192 e. The van der Waals surface area contributed by atoms with E-state index in [-0.39, 0.29) is 5.03 Å². The maximum absolute atomic E-state index is 11.7. The summed E-state index contributed by atoms with van der Waals surface area (Å²) in [5.41, 5.74) is 1.62. The predicted molar refractivity (Wildman–Crippen MR) is 91.1 cm³/mol. The van der Waals surface area contributed by atoms with Crippen molar-refractivity contribution in [3.05, 3.63) is 42.0 Å². The van der Waals surface area contributed by atoms with Crippen LogP contribution in [-0.4, -0.2) is 40.1 Å². The van der Waals surface area contributed by atoms with Gasteiger partial charge in [0.05, 0.1) is 36.3 Å². The molecule has 2 aromatic rings. The van der Waals surface area contributed by atoms with Gasteiger partial charge in [-0.25, -0.2) is 13.4 Å².